The summed E-state index contributed by atoms with van der Waals surface area (Å²) in [5, 5.41) is 0. The van der Waals surface area contributed by atoms with Crippen LogP contribution in [-0.2, 0) is 14.3 Å². The van der Waals surface area contributed by atoms with E-state index in [1.165, 1.54) is 0 Å². The monoisotopic (exact) mass is 285 g/mol. The number of ether oxygens (including phenoxy) is 1. The molecule has 0 atom stereocenters. The molecule has 0 saturated carbocycles. The highest BCUT2D eigenvalue weighted by molar-refractivity contribution is 5.78. The summed E-state index contributed by atoms with van der Waals surface area (Å²) in [6.07, 6.45) is 0. The lowest BCUT2D eigenvalue weighted by molar-refractivity contribution is -0.143. The molecule has 0 aliphatic carbocycles. The first-order chi connectivity index (χ1) is 9.19. The first-order valence-corrected chi connectivity index (χ1v) is 7.03. The second-order valence-corrected chi connectivity index (χ2v) is 6.35. The van der Waals surface area contributed by atoms with E-state index < -0.39 is 0 Å². The van der Waals surface area contributed by atoms with Crippen LogP contribution in [0.5, 0.6) is 0 Å². The third-order valence-electron chi connectivity index (χ3n) is 3.21. The van der Waals surface area contributed by atoms with Crippen molar-refractivity contribution < 1.29 is 14.3 Å². The fraction of sp³-hybridized carbons (Fsp3) is 0.857. The molecule has 1 heterocycles. The predicted octanol–water partition coefficient (Wildman–Crippen LogP) is 0.0339. The summed E-state index contributed by atoms with van der Waals surface area (Å²) in [6.45, 7) is 9.15. The zero-order valence-corrected chi connectivity index (χ0v) is 13.3. The van der Waals surface area contributed by atoms with E-state index in [-0.39, 0.29) is 24.0 Å². The Hall–Kier alpha value is -1.14. The molecule has 1 aliphatic rings. The molecule has 2 amide bonds. The van der Waals surface area contributed by atoms with E-state index in [2.05, 4.69) is 4.90 Å². The number of hydrogen-bond donors (Lipinski definition) is 0. The molecular formula is C14H27N3O3. The molecule has 0 aromatic heterocycles. The van der Waals surface area contributed by atoms with Crippen LogP contribution in [0, 0.1) is 0 Å². The lowest BCUT2D eigenvalue weighted by Gasteiger charge is -2.35. The Kier molecular flexibility index (Phi) is 5.95. The first kappa shape index (κ1) is 16.9. The molecule has 0 bridgehead atoms. The Morgan fingerprint density at radius 2 is 1.65 bits per heavy atom. The van der Waals surface area contributed by atoms with Gasteiger partial charge in [-0.15, -0.1) is 0 Å². The van der Waals surface area contributed by atoms with E-state index in [0.29, 0.717) is 19.6 Å². The van der Waals surface area contributed by atoms with E-state index in [4.69, 9.17) is 4.74 Å². The second-order valence-electron chi connectivity index (χ2n) is 6.35. The standard InChI is InChI=1S/C14H27N3O3/c1-14(2,3)20-11-13(19)17-8-6-16(7-9-17)10-12(18)15(4)5/h6-11H2,1-5H3. The summed E-state index contributed by atoms with van der Waals surface area (Å²) in [5.41, 5.74) is -0.296. The van der Waals surface area contributed by atoms with Gasteiger partial charge in [0.15, 0.2) is 0 Å². The SMILES string of the molecule is CN(C)C(=O)CN1CCN(C(=O)COC(C)(C)C)CC1. The summed E-state index contributed by atoms with van der Waals surface area (Å²) >= 11 is 0. The maximum Gasteiger partial charge on any atom is 0.248 e. The summed E-state index contributed by atoms with van der Waals surface area (Å²) in [4.78, 5) is 29.1. The lowest BCUT2D eigenvalue weighted by Crippen LogP contribution is -2.52. The van der Waals surface area contributed by atoms with Gasteiger partial charge in [-0.2, -0.15) is 0 Å². The Labute approximate surface area is 121 Å². The van der Waals surface area contributed by atoms with Gasteiger partial charge in [-0.25, -0.2) is 0 Å². The van der Waals surface area contributed by atoms with Crippen molar-refractivity contribution in [1.29, 1.82) is 0 Å². The highest BCUT2D eigenvalue weighted by atomic mass is 16.5. The maximum atomic E-state index is 12.0. The molecule has 0 radical (unpaired) electrons. The zero-order valence-electron chi connectivity index (χ0n) is 13.3. The molecule has 116 valence electrons. The quantitative estimate of drug-likeness (QED) is 0.731. The van der Waals surface area contributed by atoms with Gasteiger partial charge >= 0.3 is 0 Å². The second kappa shape index (κ2) is 7.04. The summed E-state index contributed by atoms with van der Waals surface area (Å²) in [6, 6.07) is 0. The van der Waals surface area contributed by atoms with Gasteiger partial charge in [0.2, 0.25) is 11.8 Å². The Bertz CT molecular complexity index is 342. The molecule has 0 aromatic rings. The molecule has 6 heteroatoms. The molecule has 1 fully saturated rings. The molecule has 1 saturated heterocycles. The normalized spacial score (nSPS) is 17.1. The number of rotatable bonds is 4. The zero-order chi connectivity index (χ0) is 15.3. The van der Waals surface area contributed by atoms with Crippen LogP contribution < -0.4 is 0 Å². The fourth-order valence-corrected chi connectivity index (χ4v) is 1.86. The topological polar surface area (TPSA) is 53.1 Å². The van der Waals surface area contributed by atoms with Crippen molar-refractivity contribution in [3.05, 3.63) is 0 Å². The summed E-state index contributed by atoms with van der Waals surface area (Å²) < 4.78 is 5.50. The molecular weight excluding hydrogens is 258 g/mol. The van der Waals surface area contributed by atoms with E-state index in [1.54, 1.807) is 19.0 Å². The molecule has 6 nitrogen and oxygen atoms in total. The minimum Gasteiger partial charge on any atom is -0.366 e. The van der Waals surface area contributed by atoms with Crippen molar-refractivity contribution in [2.75, 3.05) is 53.4 Å². The van der Waals surface area contributed by atoms with Crippen molar-refractivity contribution in [2.24, 2.45) is 0 Å². The van der Waals surface area contributed by atoms with Crippen LogP contribution in [0.3, 0.4) is 0 Å². The van der Waals surface area contributed by atoms with Gasteiger partial charge in [-0.05, 0) is 20.8 Å². The smallest absolute Gasteiger partial charge is 0.248 e. The van der Waals surface area contributed by atoms with E-state index >= 15 is 0 Å². The number of piperazine rings is 1. The van der Waals surface area contributed by atoms with Crippen LogP contribution in [0.25, 0.3) is 0 Å². The van der Waals surface area contributed by atoms with E-state index in [1.807, 2.05) is 25.7 Å². The van der Waals surface area contributed by atoms with Crippen LogP contribution in [-0.4, -0.2) is 85.5 Å². The van der Waals surface area contributed by atoms with Gasteiger partial charge in [-0.1, -0.05) is 0 Å². The predicted molar refractivity (Wildman–Crippen MR) is 77.4 cm³/mol. The van der Waals surface area contributed by atoms with Crippen LogP contribution >= 0.6 is 0 Å². The average Bonchev–Trinajstić information content (AvgIpc) is 2.35. The Morgan fingerprint density at radius 1 is 1.10 bits per heavy atom. The Morgan fingerprint density at radius 3 is 2.10 bits per heavy atom. The van der Waals surface area contributed by atoms with Crippen LogP contribution in [0.4, 0.5) is 0 Å². The van der Waals surface area contributed by atoms with Crippen molar-refractivity contribution in [3.8, 4) is 0 Å². The third kappa shape index (κ3) is 5.88. The summed E-state index contributed by atoms with van der Waals surface area (Å²) in [5.74, 6) is 0.124. The molecule has 0 unspecified atom stereocenters. The van der Waals surface area contributed by atoms with Gasteiger partial charge in [0.05, 0.1) is 12.1 Å². The van der Waals surface area contributed by atoms with Crippen molar-refractivity contribution in [1.82, 2.24) is 14.7 Å². The number of carbonyl (C=O) groups is 2. The Balaban J connectivity index is 2.31. The van der Waals surface area contributed by atoms with Gasteiger partial charge in [0.1, 0.15) is 6.61 Å². The summed E-state index contributed by atoms with van der Waals surface area (Å²) in [7, 11) is 3.51. The van der Waals surface area contributed by atoms with Gasteiger partial charge < -0.3 is 14.5 Å². The van der Waals surface area contributed by atoms with Crippen LogP contribution in [0.1, 0.15) is 20.8 Å². The number of amides is 2. The van der Waals surface area contributed by atoms with E-state index in [0.717, 1.165) is 13.1 Å². The minimum atomic E-state index is -0.296. The van der Waals surface area contributed by atoms with Crippen molar-refractivity contribution in [3.63, 3.8) is 0 Å². The van der Waals surface area contributed by atoms with Gasteiger partial charge in [-0.3, -0.25) is 14.5 Å². The third-order valence-corrected chi connectivity index (χ3v) is 3.21. The largest absolute Gasteiger partial charge is 0.366 e. The minimum absolute atomic E-state index is 0.0264. The lowest BCUT2D eigenvalue weighted by atomic mass is 10.2. The van der Waals surface area contributed by atoms with Crippen molar-refractivity contribution >= 4 is 11.8 Å². The number of nitrogens with zero attached hydrogens (tertiary/aromatic N) is 3. The van der Waals surface area contributed by atoms with Gasteiger partial charge in [0.25, 0.3) is 0 Å². The molecule has 1 aliphatic heterocycles. The molecule has 0 N–H and O–H groups in total. The molecule has 0 spiro atoms. The fourth-order valence-electron chi connectivity index (χ4n) is 1.86. The van der Waals surface area contributed by atoms with Gasteiger partial charge in [0, 0.05) is 40.3 Å². The van der Waals surface area contributed by atoms with Crippen LogP contribution in [0.15, 0.2) is 0 Å². The number of carbonyl (C=O) groups excluding carboxylic acids is 2. The first-order valence-electron chi connectivity index (χ1n) is 7.03. The molecule has 20 heavy (non-hydrogen) atoms. The van der Waals surface area contributed by atoms with Crippen LogP contribution in [0.2, 0.25) is 0 Å². The van der Waals surface area contributed by atoms with E-state index in [9.17, 15) is 9.59 Å². The van der Waals surface area contributed by atoms with Crippen molar-refractivity contribution in [2.45, 2.75) is 26.4 Å². The number of hydrogen-bond acceptors (Lipinski definition) is 4. The molecule has 0 aromatic carbocycles. The number of likely N-dealkylation sites (N-methyl/N-ethyl adjacent to an activating group) is 1. The highest BCUT2D eigenvalue weighted by Gasteiger charge is 2.24. The highest BCUT2D eigenvalue weighted by Crippen LogP contribution is 2.08. The maximum absolute atomic E-state index is 12.0. The average molecular weight is 285 g/mol. The molecule has 1 rings (SSSR count).